The quantitative estimate of drug-likeness (QED) is 0.0280. The first kappa shape index (κ1) is 55.0. The Balaban J connectivity index is 4.16. The standard InChI is InChI=1S/C46H92NO8P/c1-6-8-10-12-14-16-18-19-20-21-22-23-24-25-26-27-28-29-31-33-35-37-39-46(49)55-44(43-54-56(50,51)53-41-40-47(3,4)5)42-52-45(48)38-36-34-32-30-17-15-13-11-9-7-2/h44H,6-43H2,1-5H3/p+1. The molecule has 2 atom stereocenters. The molecule has 0 saturated heterocycles. The summed E-state index contributed by atoms with van der Waals surface area (Å²) in [5.74, 6) is -0.784. The first-order chi connectivity index (χ1) is 27.0. The van der Waals surface area contributed by atoms with Crippen molar-refractivity contribution in [3.05, 3.63) is 0 Å². The average Bonchev–Trinajstić information content (AvgIpc) is 3.15. The molecule has 0 fully saturated rings. The van der Waals surface area contributed by atoms with Crippen molar-refractivity contribution in [3.8, 4) is 0 Å². The number of nitrogens with zero attached hydrogens (tertiary/aromatic N) is 1. The average molecular weight is 819 g/mol. The van der Waals surface area contributed by atoms with Gasteiger partial charge in [-0.25, -0.2) is 4.57 Å². The second kappa shape index (κ2) is 39.5. The Hall–Kier alpha value is -0.990. The lowest BCUT2D eigenvalue weighted by Gasteiger charge is -2.24. The van der Waals surface area contributed by atoms with Crippen LogP contribution in [0.4, 0.5) is 0 Å². The maximum absolute atomic E-state index is 12.7. The van der Waals surface area contributed by atoms with Crippen molar-refractivity contribution in [2.75, 3.05) is 47.5 Å². The highest BCUT2D eigenvalue weighted by Crippen LogP contribution is 2.43. The van der Waals surface area contributed by atoms with Crippen molar-refractivity contribution in [2.45, 2.75) is 238 Å². The van der Waals surface area contributed by atoms with Crippen molar-refractivity contribution in [1.82, 2.24) is 0 Å². The van der Waals surface area contributed by atoms with Gasteiger partial charge in [0.25, 0.3) is 0 Å². The van der Waals surface area contributed by atoms with E-state index in [0.29, 0.717) is 17.4 Å². The SMILES string of the molecule is CCCCCCCCCCCCCCCCCCCCCCCCC(=O)OC(COC(=O)CCCCCCCCCCCC)COP(=O)(O)OCC[N+](C)(C)C. The molecule has 0 aliphatic rings. The van der Waals surface area contributed by atoms with Gasteiger partial charge in [0.05, 0.1) is 27.7 Å². The summed E-state index contributed by atoms with van der Waals surface area (Å²) in [7, 11) is 1.49. The molecule has 334 valence electrons. The van der Waals surface area contributed by atoms with Gasteiger partial charge in [-0.15, -0.1) is 0 Å². The lowest BCUT2D eigenvalue weighted by Crippen LogP contribution is -2.37. The van der Waals surface area contributed by atoms with E-state index in [1.54, 1.807) is 0 Å². The summed E-state index contributed by atoms with van der Waals surface area (Å²) in [5, 5.41) is 0. The molecule has 10 heteroatoms. The predicted octanol–water partition coefficient (Wildman–Crippen LogP) is 13.6. The van der Waals surface area contributed by atoms with Crippen LogP contribution in [0.25, 0.3) is 0 Å². The van der Waals surface area contributed by atoms with Gasteiger partial charge in [-0.1, -0.05) is 206 Å². The Morgan fingerprint density at radius 3 is 1.14 bits per heavy atom. The summed E-state index contributed by atoms with van der Waals surface area (Å²) in [6.45, 7) is 4.45. The Morgan fingerprint density at radius 1 is 0.482 bits per heavy atom. The Kier molecular flexibility index (Phi) is 38.8. The van der Waals surface area contributed by atoms with Crippen LogP contribution >= 0.6 is 7.82 Å². The number of phosphoric ester groups is 1. The molecule has 0 radical (unpaired) electrons. The third-order valence-electron chi connectivity index (χ3n) is 10.6. The van der Waals surface area contributed by atoms with Crippen LogP contribution in [-0.2, 0) is 32.7 Å². The molecule has 0 aliphatic carbocycles. The smallest absolute Gasteiger partial charge is 0.462 e. The molecule has 0 aromatic heterocycles. The first-order valence-electron chi connectivity index (χ1n) is 23.8. The number of hydrogen-bond acceptors (Lipinski definition) is 7. The molecule has 0 heterocycles. The summed E-state index contributed by atoms with van der Waals surface area (Å²) in [4.78, 5) is 35.3. The summed E-state index contributed by atoms with van der Waals surface area (Å²) in [5.41, 5.74) is 0. The van der Waals surface area contributed by atoms with Gasteiger partial charge < -0.3 is 18.9 Å². The summed E-state index contributed by atoms with van der Waals surface area (Å²) in [6, 6.07) is 0. The topological polar surface area (TPSA) is 108 Å². The fraction of sp³-hybridized carbons (Fsp3) is 0.957. The summed E-state index contributed by atoms with van der Waals surface area (Å²) in [6.07, 6.45) is 40.2. The monoisotopic (exact) mass is 819 g/mol. The van der Waals surface area contributed by atoms with Crippen molar-refractivity contribution < 1.29 is 42.1 Å². The zero-order valence-corrected chi connectivity index (χ0v) is 38.5. The zero-order valence-electron chi connectivity index (χ0n) is 37.6. The van der Waals surface area contributed by atoms with Gasteiger partial charge in [-0.2, -0.15) is 0 Å². The molecule has 0 rings (SSSR count). The lowest BCUT2D eigenvalue weighted by atomic mass is 10.0. The Labute approximate surface area is 346 Å². The number of esters is 2. The van der Waals surface area contributed by atoms with Crippen molar-refractivity contribution in [1.29, 1.82) is 0 Å². The van der Waals surface area contributed by atoms with Crippen LogP contribution in [0, 0.1) is 0 Å². The zero-order chi connectivity index (χ0) is 41.4. The molecule has 0 aliphatic heterocycles. The highest BCUT2D eigenvalue weighted by molar-refractivity contribution is 7.47. The second-order valence-corrected chi connectivity index (χ2v) is 19.0. The van der Waals surface area contributed by atoms with Gasteiger partial charge in [0.2, 0.25) is 0 Å². The fourth-order valence-corrected chi connectivity index (χ4v) is 7.64. The van der Waals surface area contributed by atoms with Crippen LogP contribution in [-0.4, -0.2) is 74.9 Å². The number of likely N-dealkylation sites (N-methyl/N-ethyl adjacent to an activating group) is 1. The third-order valence-corrected chi connectivity index (χ3v) is 11.6. The normalized spacial score (nSPS) is 13.5. The molecule has 9 nitrogen and oxygen atoms in total. The number of carbonyl (C=O) groups excluding carboxylic acids is 2. The molecular formula is C46H93NO8P+. The number of unbranched alkanes of at least 4 members (excludes halogenated alkanes) is 30. The number of quaternary nitrogens is 1. The molecular weight excluding hydrogens is 725 g/mol. The minimum absolute atomic E-state index is 0.0368. The summed E-state index contributed by atoms with van der Waals surface area (Å²) >= 11 is 0. The molecule has 1 N–H and O–H groups in total. The van der Waals surface area contributed by atoms with Crippen LogP contribution in [0.1, 0.15) is 232 Å². The van der Waals surface area contributed by atoms with Crippen molar-refractivity contribution in [2.24, 2.45) is 0 Å². The maximum atomic E-state index is 12.7. The van der Waals surface area contributed by atoms with Crippen molar-refractivity contribution in [3.63, 3.8) is 0 Å². The molecule has 0 bridgehead atoms. The van der Waals surface area contributed by atoms with E-state index in [2.05, 4.69) is 13.8 Å². The van der Waals surface area contributed by atoms with Gasteiger partial charge in [0.15, 0.2) is 6.10 Å². The van der Waals surface area contributed by atoms with E-state index in [1.807, 2.05) is 21.1 Å². The van der Waals surface area contributed by atoms with Crippen LogP contribution < -0.4 is 0 Å². The van der Waals surface area contributed by atoms with Gasteiger partial charge >= 0.3 is 19.8 Å². The number of carbonyl (C=O) groups is 2. The van der Waals surface area contributed by atoms with E-state index in [4.69, 9.17) is 18.5 Å². The highest BCUT2D eigenvalue weighted by atomic mass is 31.2. The number of ether oxygens (including phenoxy) is 2. The third kappa shape index (κ3) is 42.6. The van der Waals surface area contributed by atoms with Crippen molar-refractivity contribution >= 4 is 19.8 Å². The van der Waals surface area contributed by atoms with Crippen LogP contribution in [0.5, 0.6) is 0 Å². The number of rotatable bonds is 44. The van der Waals surface area contributed by atoms with Gasteiger partial charge in [0.1, 0.15) is 19.8 Å². The second-order valence-electron chi connectivity index (χ2n) is 17.5. The van der Waals surface area contributed by atoms with E-state index in [9.17, 15) is 19.0 Å². The van der Waals surface area contributed by atoms with Gasteiger partial charge in [0, 0.05) is 12.8 Å². The molecule has 0 saturated carbocycles. The van der Waals surface area contributed by atoms with E-state index in [1.165, 1.54) is 167 Å². The fourth-order valence-electron chi connectivity index (χ4n) is 6.90. The highest BCUT2D eigenvalue weighted by Gasteiger charge is 2.27. The van der Waals surface area contributed by atoms with E-state index in [0.717, 1.165) is 38.5 Å². The van der Waals surface area contributed by atoms with Crippen LogP contribution in [0.15, 0.2) is 0 Å². The Bertz CT molecular complexity index is 927. The molecule has 2 unspecified atom stereocenters. The van der Waals surface area contributed by atoms with Gasteiger partial charge in [-0.05, 0) is 12.8 Å². The molecule has 0 aromatic carbocycles. The minimum atomic E-state index is -4.36. The van der Waals surface area contributed by atoms with Gasteiger partial charge in [-0.3, -0.25) is 18.6 Å². The maximum Gasteiger partial charge on any atom is 0.472 e. The lowest BCUT2D eigenvalue weighted by molar-refractivity contribution is -0.870. The first-order valence-corrected chi connectivity index (χ1v) is 25.3. The van der Waals surface area contributed by atoms with E-state index in [-0.39, 0.29) is 25.6 Å². The van der Waals surface area contributed by atoms with E-state index < -0.39 is 26.5 Å². The Morgan fingerprint density at radius 2 is 0.804 bits per heavy atom. The van der Waals surface area contributed by atoms with E-state index >= 15 is 0 Å². The minimum Gasteiger partial charge on any atom is -0.462 e. The number of hydrogen-bond donors (Lipinski definition) is 1. The number of phosphoric acid groups is 1. The molecule has 0 spiro atoms. The molecule has 56 heavy (non-hydrogen) atoms. The van der Waals surface area contributed by atoms with Crippen LogP contribution in [0.3, 0.4) is 0 Å². The molecule has 0 amide bonds. The summed E-state index contributed by atoms with van der Waals surface area (Å²) < 4.78 is 34.3. The largest absolute Gasteiger partial charge is 0.472 e. The molecule has 0 aromatic rings. The van der Waals surface area contributed by atoms with Crippen LogP contribution in [0.2, 0.25) is 0 Å². The predicted molar refractivity (Wildman–Crippen MR) is 234 cm³/mol.